The molecule has 0 aromatic carbocycles. The quantitative estimate of drug-likeness (QED) is 0.600. The average Bonchev–Trinajstić information content (AvgIpc) is 2.27. The number of rotatable bonds is 4. The summed E-state index contributed by atoms with van der Waals surface area (Å²) in [5.74, 6) is -1.03. The highest BCUT2D eigenvalue weighted by Crippen LogP contribution is 1.94. The van der Waals surface area contributed by atoms with E-state index in [0.29, 0.717) is 32.7 Å². The molecule has 0 radical (unpaired) electrons. The Kier molecular flexibility index (Phi) is 5.00. The summed E-state index contributed by atoms with van der Waals surface area (Å²) in [7, 11) is 0. The van der Waals surface area contributed by atoms with Crippen molar-refractivity contribution in [3.63, 3.8) is 0 Å². The van der Waals surface area contributed by atoms with E-state index in [0.717, 1.165) is 0 Å². The van der Waals surface area contributed by atoms with Crippen LogP contribution in [-0.2, 0) is 9.53 Å². The van der Waals surface area contributed by atoms with Gasteiger partial charge in [0.2, 0.25) is 0 Å². The van der Waals surface area contributed by atoms with Crippen molar-refractivity contribution in [2.75, 3.05) is 26.3 Å². The summed E-state index contributed by atoms with van der Waals surface area (Å²) in [5.41, 5.74) is 2.58. The first-order valence-electron chi connectivity index (χ1n) is 5.26. The van der Waals surface area contributed by atoms with Gasteiger partial charge < -0.3 is 15.2 Å². The van der Waals surface area contributed by atoms with Crippen molar-refractivity contribution in [1.82, 2.24) is 15.8 Å². The van der Waals surface area contributed by atoms with E-state index in [1.54, 1.807) is 11.9 Å². The normalized spacial score (nSPS) is 18.8. The molecule has 1 unspecified atom stereocenters. The fourth-order valence-corrected chi connectivity index (χ4v) is 1.35. The number of hydrogen-bond donors (Lipinski definition) is 3. The number of carboxylic acid groups (broad SMARTS) is 1. The Hall–Kier alpha value is -1.34. The van der Waals surface area contributed by atoms with Crippen molar-refractivity contribution in [3.8, 4) is 0 Å². The van der Waals surface area contributed by atoms with Crippen LogP contribution < -0.4 is 10.7 Å². The zero-order chi connectivity index (χ0) is 12.0. The molecule has 1 atom stereocenters. The van der Waals surface area contributed by atoms with Crippen LogP contribution in [-0.4, -0.2) is 54.5 Å². The van der Waals surface area contributed by atoms with E-state index in [1.807, 2.05) is 0 Å². The number of hydrogen-bond acceptors (Lipinski definition) is 4. The maximum Gasteiger partial charge on any atom is 0.330 e. The summed E-state index contributed by atoms with van der Waals surface area (Å²) in [6.45, 7) is 4.05. The minimum Gasteiger partial charge on any atom is -0.480 e. The highest BCUT2D eigenvalue weighted by molar-refractivity contribution is 5.82. The predicted molar refractivity (Wildman–Crippen MR) is 55.8 cm³/mol. The van der Waals surface area contributed by atoms with Crippen molar-refractivity contribution < 1.29 is 19.4 Å². The smallest absolute Gasteiger partial charge is 0.330 e. The zero-order valence-corrected chi connectivity index (χ0v) is 9.23. The fourth-order valence-electron chi connectivity index (χ4n) is 1.35. The maximum atomic E-state index is 11.4. The lowest BCUT2D eigenvalue weighted by Gasteiger charge is -2.27. The standard InChI is InChI=1S/C9H17N3O4/c1-2-7(8(13)14)10-9(15)11-12-3-5-16-6-4-12/h7H,2-6H2,1H3,(H,13,14)(H2,10,11,15). The van der Waals surface area contributed by atoms with E-state index in [4.69, 9.17) is 9.84 Å². The lowest BCUT2D eigenvalue weighted by Crippen LogP contribution is -2.54. The van der Waals surface area contributed by atoms with Crippen LogP contribution in [0, 0.1) is 0 Å². The van der Waals surface area contributed by atoms with Crippen LogP contribution in [0.5, 0.6) is 0 Å². The van der Waals surface area contributed by atoms with Gasteiger partial charge in [-0.1, -0.05) is 6.92 Å². The van der Waals surface area contributed by atoms with E-state index in [9.17, 15) is 9.59 Å². The molecule has 3 N–H and O–H groups in total. The van der Waals surface area contributed by atoms with Crippen molar-refractivity contribution >= 4 is 12.0 Å². The van der Waals surface area contributed by atoms with Crippen LogP contribution in [0.2, 0.25) is 0 Å². The molecule has 0 aromatic heterocycles. The highest BCUT2D eigenvalue weighted by Gasteiger charge is 2.19. The average molecular weight is 231 g/mol. The molecule has 1 rings (SSSR count). The molecular weight excluding hydrogens is 214 g/mol. The van der Waals surface area contributed by atoms with Crippen molar-refractivity contribution in [1.29, 1.82) is 0 Å². The van der Waals surface area contributed by atoms with Gasteiger partial charge in [-0.25, -0.2) is 14.6 Å². The number of morpholine rings is 1. The van der Waals surface area contributed by atoms with Crippen molar-refractivity contribution in [2.45, 2.75) is 19.4 Å². The summed E-state index contributed by atoms with van der Waals surface area (Å²) >= 11 is 0. The van der Waals surface area contributed by atoms with Gasteiger partial charge in [0.15, 0.2) is 0 Å². The van der Waals surface area contributed by atoms with Gasteiger partial charge in [0.1, 0.15) is 6.04 Å². The number of amides is 2. The van der Waals surface area contributed by atoms with Crippen molar-refractivity contribution in [2.24, 2.45) is 0 Å². The SMILES string of the molecule is CCC(NC(=O)NN1CCOCC1)C(=O)O. The molecule has 0 spiro atoms. The Labute approximate surface area is 93.7 Å². The summed E-state index contributed by atoms with van der Waals surface area (Å²) < 4.78 is 5.11. The van der Waals surface area contributed by atoms with Gasteiger partial charge in [0, 0.05) is 13.1 Å². The Morgan fingerprint density at radius 2 is 2.06 bits per heavy atom. The molecule has 1 fully saturated rings. The van der Waals surface area contributed by atoms with Gasteiger partial charge in [-0.2, -0.15) is 0 Å². The molecule has 7 heteroatoms. The number of carboxylic acids is 1. The summed E-state index contributed by atoms with van der Waals surface area (Å²) in [4.78, 5) is 22.1. The number of nitrogens with one attached hydrogen (secondary N) is 2. The molecule has 92 valence electrons. The van der Waals surface area contributed by atoms with Crippen LogP contribution in [0.3, 0.4) is 0 Å². The molecule has 2 amide bonds. The summed E-state index contributed by atoms with van der Waals surface area (Å²) in [5, 5.41) is 12.8. The monoisotopic (exact) mass is 231 g/mol. The number of hydrazine groups is 1. The number of nitrogens with zero attached hydrogens (tertiary/aromatic N) is 1. The Balaban J connectivity index is 2.31. The first-order chi connectivity index (χ1) is 7.63. The Bertz CT molecular complexity index is 253. The van der Waals surface area contributed by atoms with Gasteiger partial charge in [0.25, 0.3) is 0 Å². The molecule has 0 aliphatic carbocycles. The number of aliphatic carboxylic acids is 1. The van der Waals surface area contributed by atoms with Gasteiger partial charge >= 0.3 is 12.0 Å². The van der Waals surface area contributed by atoms with Crippen LogP contribution in [0.25, 0.3) is 0 Å². The van der Waals surface area contributed by atoms with Gasteiger partial charge in [0.05, 0.1) is 13.2 Å². The molecule has 0 saturated carbocycles. The lowest BCUT2D eigenvalue weighted by atomic mass is 10.2. The summed E-state index contributed by atoms with van der Waals surface area (Å²) in [6, 6.07) is -1.34. The van der Waals surface area contributed by atoms with E-state index in [-0.39, 0.29) is 0 Å². The van der Waals surface area contributed by atoms with Crippen LogP contribution in [0.4, 0.5) is 4.79 Å². The highest BCUT2D eigenvalue weighted by atomic mass is 16.5. The second kappa shape index (κ2) is 6.29. The van der Waals surface area contributed by atoms with Gasteiger partial charge in [-0.05, 0) is 6.42 Å². The van der Waals surface area contributed by atoms with E-state index < -0.39 is 18.0 Å². The fraction of sp³-hybridized carbons (Fsp3) is 0.778. The Morgan fingerprint density at radius 1 is 1.44 bits per heavy atom. The second-order valence-corrected chi connectivity index (χ2v) is 3.48. The third kappa shape index (κ3) is 4.03. The molecule has 1 aliphatic rings. The number of carbonyl (C=O) groups is 2. The number of carbonyl (C=O) groups excluding carboxylic acids is 1. The molecule has 7 nitrogen and oxygen atoms in total. The van der Waals surface area contributed by atoms with E-state index in [1.165, 1.54) is 0 Å². The van der Waals surface area contributed by atoms with Gasteiger partial charge in [-0.15, -0.1) is 0 Å². The van der Waals surface area contributed by atoms with Crippen molar-refractivity contribution in [3.05, 3.63) is 0 Å². The summed E-state index contributed by atoms with van der Waals surface area (Å²) in [6.07, 6.45) is 0.353. The third-order valence-electron chi connectivity index (χ3n) is 2.28. The largest absolute Gasteiger partial charge is 0.480 e. The minimum atomic E-state index is -1.03. The predicted octanol–water partition coefficient (Wildman–Crippen LogP) is -0.604. The molecule has 16 heavy (non-hydrogen) atoms. The number of ether oxygens (including phenoxy) is 1. The molecule has 1 aliphatic heterocycles. The van der Waals surface area contributed by atoms with E-state index in [2.05, 4.69) is 10.7 Å². The van der Waals surface area contributed by atoms with E-state index >= 15 is 0 Å². The lowest BCUT2D eigenvalue weighted by molar-refractivity contribution is -0.139. The van der Waals surface area contributed by atoms with Crippen LogP contribution in [0.1, 0.15) is 13.3 Å². The Morgan fingerprint density at radius 3 is 2.56 bits per heavy atom. The molecule has 1 heterocycles. The number of urea groups is 1. The second-order valence-electron chi connectivity index (χ2n) is 3.48. The first kappa shape index (κ1) is 12.7. The topological polar surface area (TPSA) is 90.9 Å². The zero-order valence-electron chi connectivity index (χ0n) is 9.23. The molecule has 0 bridgehead atoms. The first-order valence-corrected chi connectivity index (χ1v) is 5.26. The van der Waals surface area contributed by atoms with Crippen LogP contribution >= 0.6 is 0 Å². The van der Waals surface area contributed by atoms with Crippen LogP contribution in [0.15, 0.2) is 0 Å². The third-order valence-corrected chi connectivity index (χ3v) is 2.28. The maximum absolute atomic E-state index is 11.4. The molecule has 0 aromatic rings. The molecular formula is C9H17N3O4. The molecule has 1 saturated heterocycles. The minimum absolute atomic E-state index is 0.353. The van der Waals surface area contributed by atoms with Gasteiger partial charge in [-0.3, -0.25) is 5.43 Å².